The minimum Gasteiger partial charge on any atom is -0.380 e. The molecule has 0 amide bonds. The Balaban J connectivity index is 2.05. The molecule has 90 valence electrons. The summed E-state index contributed by atoms with van der Waals surface area (Å²) in [6, 6.07) is 0. The first kappa shape index (κ1) is 12.9. The number of hydrogen-bond donors (Lipinski definition) is 1. The lowest BCUT2D eigenvalue weighted by atomic mass is 10.1. The van der Waals surface area contributed by atoms with Gasteiger partial charge in [-0.3, -0.25) is 0 Å². The summed E-state index contributed by atoms with van der Waals surface area (Å²) in [5, 5.41) is 3.25. The zero-order valence-corrected chi connectivity index (χ0v) is 10.2. The van der Waals surface area contributed by atoms with Gasteiger partial charge in [0.2, 0.25) is 0 Å². The lowest BCUT2D eigenvalue weighted by Crippen LogP contribution is -2.19. The van der Waals surface area contributed by atoms with E-state index in [9.17, 15) is 8.42 Å². The monoisotopic (exact) mass is 235 g/mol. The third kappa shape index (κ3) is 5.49. The topological polar surface area (TPSA) is 55.4 Å². The lowest BCUT2D eigenvalue weighted by Gasteiger charge is -2.09. The Kier molecular flexibility index (Phi) is 5.56. The van der Waals surface area contributed by atoms with E-state index >= 15 is 0 Å². The smallest absolute Gasteiger partial charge is 0.152 e. The maximum atomic E-state index is 11.3. The van der Waals surface area contributed by atoms with Gasteiger partial charge in [-0.25, -0.2) is 8.42 Å². The molecular weight excluding hydrogens is 214 g/mol. The summed E-state index contributed by atoms with van der Waals surface area (Å²) in [6.45, 7) is 4.97. The molecule has 1 rings (SSSR count). The van der Waals surface area contributed by atoms with Gasteiger partial charge in [0, 0.05) is 12.3 Å². The molecule has 1 aliphatic heterocycles. The van der Waals surface area contributed by atoms with E-state index in [0.29, 0.717) is 25.6 Å². The van der Waals surface area contributed by atoms with Crippen LogP contribution in [-0.4, -0.2) is 46.2 Å². The van der Waals surface area contributed by atoms with Crippen LogP contribution < -0.4 is 5.32 Å². The maximum absolute atomic E-state index is 11.3. The van der Waals surface area contributed by atoms with Gasteiger partial charge in [-0.15, -0.1) is 0 Å². The molecule has 0 aromatic carbocycles. The molecule has 1 heterocycles. The molecule has 0 saturated carbocycles. The van der Waals surface area contributed by atoms with E-state index in [-0.39, 0.29) is 11.5 Å². The summed E-state index contributed by atoms with van der Waals surface area (Å²) in [7, 11) is -2.87. The normalized spacial score (nSPS) is 22.1. The van der Waals surface area contributed by atoms with Crippen molar-refractivity contribution in [3.8, 4) is 0 Å². The summed E-state index contributed by atoms with van der Waals surface area (Å²) in [5.41, 5.74) is 0. The maximum Gasteiger partial charge on any atom is 0.152 e. The molecule has 0 bridgehead atoms. The molecule has 0 aliphatic carbocycles. The van der Waals surface area contributed by atoms with Gasteiger partial charge >= 0.3 is 0 Å². The highest BCUT2D eigenvalue weighted by Crippen LogP contribution is 2.07. The zero-order chi connectivity index (χ0) is 11.1. The second-order valence-electron chi connectivity index (χ2n) is 4.09. The van der Waals surface area contributed by atoms with Crippen LogP contribution in [0.25, 0.3) is 0 Å². The quantitative estimate of drug-likeness (QED) is 0.651. The van der Waals surface area contributed by atoms with E-state index in [1.165, 1.54) is 0 Å². The average molecular weight is 235 g/mol. The van der Waals surface area contributed by atoms with Gasteiger partial charge in [-0.05, 0) is 25.3 Å². The van der Waals surface area contributed by atoms with Crippen molar-refractivity contribution in [2.24, 2.45) is 5.92 Å². The van der Waals surface area contributed by atoms with Crippen molar-refractivity contribution < 1.29 is 13.2 Å². The van der Waals surface area contributed by atoms with E-state index in [1.807, 2.05) is 6.92 Å². The van der Waals surface area contributed by atoms with Gasteiger partial charge in [-0.1, -0.05) is 6.92 Å². The van der Waals surface area contributed by atoms with Crippen LogP contribution in [0, 0.1) is 5.92 Å². The third-order valence-electron chi connectivity index (χ3n) is 2.57. The predicted octanol–water partition coefficient (Wildman–Crippen LogP) is 0.437. The van der Waals surface area contributed by atoms with E-state index in [2.05, 4.69) is 5.32 Å². The minimum atomic E-state index is -2.87. The molecule has 0 radical (unpaired) electrons. The van der Waals surface area contributed by atoms with Crippen LogP contribution in [0.2, 0.25) is 0 Å². The van der Waals surface area contributed by atoms with E-state index in [1.54, 1.807) is 0 Å². The summed E-state index contributed by atoms with van der Waals surface area (Å²) >= 11 is 0. The second kappa shape index (κ2) is 6.45. The summed E-state index contributed by atoms with van der Waals surface area (Å²) in [5.74, 6) is 1.02. The Morgan fingerprint density at radius 1 is 1.40 bits per heavy atom. The Bertz CT molecular complexity index is 258. The van der Waals surface area contributed by atoms with Crippen LogP contribution in [0.4, 0.5) is 0 Å². The number of nitrogens with one attached hydrogen (secondary N) is 1. The van der Waals surface area contributed by atoms with Crippen molar-refractivity contribution in [3.63, 3.8) is 0 Å². The van der Waals surface area contributed by atoms with Crippen LogP contribution in [0.1, 0.15) is 19.8 Å². The molecule has 1 unspecified atom stereocenters. The molecule has 0 aromatic rings. The Labute approximate surface area is 92.3 Å². The molecule has 1 atom stereocenters. The highest BCUT2D eigenvalue weighted by molar-refractivity contribution is 7.91. The molecule has 15 heavy (non-hydrogen) atoms. The number of sulfone groups is 1. The van der Waals surface area contributed by atoms with Crippen molar-refractivity contribution in [2.45, 2.75) is 19.8 Å². The summed E-state index contributed by atoms with van der Waals surface area (Å²) in [6.07, 6.45) is 1.83. The fourth-order valence-electron chi connectivity index (χ4n) is 1.71. The number of ether oxygens (including phenoxy) is 1. The molecule has 1 aliphatic rings. The van der Waals surface area contributed by atoms with Crippen molar-refractivity contribution in [2.75, 3.05) is 37.8 Å². The predicted molar refractivity (Wildman–Crippen MR) is 60.7 cm³/mol. The minimum absolute atomic E-state index is 0.168. The SMILES string of the molecule is CCCS(=O)(=O)CCOCC1CCNC1. The van der Waals surface area contributed by atoms with Gasteiger partial charge in [0.15, 0.2) is 9.84 Å². The van der Waals surface area contributed by atoms with Gasteiger partial charge in [-0.2, -0.15) is 0 Å². The lowest BCUT2D eigenvalue weighted by molar-refractivity contribution is 0.118. The van der Waals surface area contributed by atoms with Crippen LogP contribution in [0.5, 0.6) is 0 Å². The van der Waals surface area contributed by atoms with E-state index in [4.69, 9.17) is 4.74 Å². The van der Waals surface area contributed by atoms with Crippen LogP contribution in [0.3, 0.4) is 0 Å². The zero-order valence-electron chi connectivity index (χ0n) is 9.37. The fraction of sp³-hybridized carbons (Fsp3) is 1.00. The Morgan fingerprint density at radius 3 is 2.80 bits per heavy atom. The van der Waals surface area contributed by atoms with Gasteiger partial charge in [0.25, 0.3) is 0 Å². The highest BCUT2D eigenvalue weighted by Gasteiger charge is 2.15. The van der Waals surface area contributed by atoms with Crippen molar-refractivity contribution in [1.82, 2.24) is 5.32 Å². The molecule has 1 fully saturated rings. The molecule has 0 aromatic heterocycles. The molecule has 4 nitrogen and oxygen atoms in total. The summed E-state index contributed by atoms with van der Waals surface area (Å²) in [4.78, 5) is 0. The molecule has 1 saturated heterocycles. The number of hydrogen-bond acceptors (Lipinski definition) is 4. The van der Waals surface area contributed by atoms with Crippen LogP contribution >= 0.6 is 0 Å². The first-order valence-electron chi connectivity index (χ1n) is 5.63. The van der Waals surface area contributed by atoms with Gasteiger partial charge < -0.3 is 10.1 Å². The van der Waals surface area contributed by atoms with Crippen molar-refractivity contribution in [3.05, 3.63) is 0 Å². The second-order valence-corrected chi connectivity index (χ2v) is 6.39. The van der Waals surface area contributed by atoms with Crippen molar-refractivity contribution in [1.29, 1.82) is 0 Å². The average Bonchev–Trinajstić information content (AvgIpc) is 2.65. The first-order valence-corrected chi connectivity index (χ1v) is 7.45. The Hall–Kier alpha value is -0.130. The fourth-order valence-corrected chi connectivity index (χ4v) is 2.90. The van der Waals surface area contributed by atoms with E-state index < -0.39 is 9.84 Å². The van der Waals surface area contributed by atoms with E-state index in [0.717, 1.165) is 19.5 Å². The van der Waals surface area contributed by atoms with Gasteiger partial charge in [0.1, 0.15) is 0 Å². The molecule has 0 spiro atoms. The highest BCUT2D eigenvalue weighted by atomic mass is 32.2. The van der Waals surface area contributed by atoms with Crippen LogP contribution in [0.15, 0.2) is 0 Å². The molecule has 1 N–H and O–H groups in total. The molecular formula is C10H21NO3S. The number of rotatable bonds is 7. The summed E-state index contributed by atoms with van der Waals surface area (Å²) < 4.78 is 28.0. The molecule has 5 heteroatoms. The first-order chi connectivity index (χ1) is 7.14. The Morgan fingerprint density at radius 2 is 2.20 bits per heavy atom. The largest absolute Gasteiger partial charge is 0.380 e. The van der Waals surface area contributed by atoms with Crippen molar-refractivity contribution >= 4 is 9.84 Å². The van der Waals surface area contributed by atoms with Crippen LogP contribution in [-0.2, 0) is 14.6 Å². The third-order valence-corrected chi connectivity index (χ3v) is 4.39. The van der Waals surface area contributed by atoms with Gasteiger partial charge in [0.05, 0.1) is 19.0 Å². The standard InChI is InChI=1S/C10H21NO3S/c1-2-6-15(12,13)7-5-14-9-10-3-4-11-8-10/h10-11H,2-9H2,1H3.